The van der Waals surface area contributed by atoms with Crippen LogP contribution in [0.2, 0.25) is 0 Å². The Bertz CT molecular complexity index is 733. The molecule has 2 atom stereocenters. The highest BCUT2D eigenvalue weighted by molar-refractivity contribution is 7.84. The molecule has 0 spiro atoms. The standard InChI is InChI=1S/C16H15N3O2S2/c20-9-10-5-11-7-12(8-19-15(11)13(22)6-10)16(21)18-2-1-14-17-3-4-23-14/h3-9,11,15,22H,1-2H2,(H,18,21). The number of nitrogens with zero attached hydrogens (tertiary/aromatic N) is 2. The van der Waals surface area contributed by atoms with Gasteiger partial charge in [0.1, 0.15) is 6.29 Å². The van der Waals surface area contributed by atoms with Crippen LogP contribution in [0.3, 0.4) is 0 Å². The van der Waals surface area contributed by atoms with E-state index in [4.69, 9.17) is 0 Å². The molecule has 1 N–H and O–H groups in total. The van der Waals surface area contributed by atoms with Gasteiger partial charge in [-0.15, -0.1) is 24.0 Å². The summed E-state index contributed by atoms with van der Waals surface area (Å²) in [4.78, 5) is 32.5. The molecule has 0 saturated carbocycles. The number of carbonyl (C=O) groups excluding carboxylic acids is 2. The number of thiazole rings is 1. The summed E-state index contributed by atoms with van der Waals surface area (Å²) in [7, 11) is 0. The number of hydrogen-bond donors (Lipinski definition) is 2. The van der Waals surface area contributed by atoms with Gasteiger partial charge in [-0.3, -0.25) is 14.6 Å². The van der Waals surface area contributed by atoms with Crippen LogP contribution < -0.4 is 5.32 Å². The van der Waals surface area contributed by atoms with Crippen molar-refractivity contribution in [3.05, 3.63) is 50.9 Å². The fourth-order valence-corrected chi connectivity index (χ4v) is 3.52. The number of hydrogen-bond acceptors (Lipinski definition) is 6. The van der Waals surface area contributed by atoms with Crippen molar-refractivity contribution in [1.82, 2.24) is 10.3 Å². The molecule has 2 heterocycles. The van der Waals surface area contributed by atoms with Gasteiger partial charge in [0.25, 0.3) is 5.91 Å². The number of nitrogens with one attached hydrogen (secondary N) is 1. The van der Waals surface area contributed by atoms with Gasteiger partial charge < -0.3 is 5.32 Å². The first kappa shape index (κ1) is 15.9. The highest BCUT2D eigenvalue weighted by Gasteiger charge is 2.27. The zero-order valence-electron chi connectivity index (χ0n) is 12.2. The second kappa shape index (κ2) is 7.06. The Hall–Kier alpha value is -1.99. The van der Waals surface area contributed by atoms with E-state index in [2.05, 4.69) is 27.9 Å². The molecule has 1 aromatic rings. The number of aromatic nitrogens is 1. The molecule has 1 aromatic heterocycles. The molecule has 1 aliphatic carbocycles. The molecule has 0 saturated heterocycles. The maximum Gasteiger partial charge on any atom is 0.252 e. The zero-order valence-corrected chi connectivity index (χ0v) is 13.9. The van der Waals surface area contributed by atoms with Gasteiger partial charge in [-0.2, -0.15) is 0 Å². The Morgan fingerprint density at radius 3 is 3.04 bits per heavy atom. The Balaban J connectivity index is 1.63. The number of aliphatic imine (C=N–C) groups is 1. The molecule has 7 heteroatoms. The minimum atomic E-state index is -0.167. The number of thiol groups is 1. The average molecular weight is 345 g/mol. The van der Waals surface area contributed by atoms with E-state index in [9.17, 15) is 9.59 Å². The van der Waals surface area contributed by atoms with Crippen LogP contribution in [0.5, 0.6) is 0 Å². The Kier molecular flexibility index (Phi) is 4.88. The molecule has 0 bridgehead atoms. The van der Waals surface area contributed by atoms with Gasteiger partial charge in [-0.05, 0) is 6.08 Å². The van der Waals surface area contributed by atoms with Crippen LogP contribution in [0.25, 0.3) is 0 Å². The van der Waals surface area contributed by atoms with E-state index in [0.717, 1.165) is 16.2 Å². The Morgan fingerprint density at radius 1 is 1.43 bits per heavy atom. The fourth-order valence-electron chi connectivity index (χ4n) is 2.51. The number of carbonyl (C=O) groups is 2. The van der Waals surface area contributed by atoms with Gasteiger partial charge in [0.2, 0.25) is 0 Å². The van der Waals surface area contributed by atoms with E-state index in [-0.39, 0.29) is 17.9 Å². The number of rotatable bonds is 5. The third-order valence-electron chi connectivity index (χ3n) is 3.62. The number of fused-ring (bicyclic) bond motifs is 1. The minimum Gasteiger partial charge on any atom is -0.352 e. The van der Waals surface area contributed by atoms with E-state index < -0.39 is 0 Å². The Labute approximate surface area is 143 Å². The first-order chi connectivity index (χ1) is 11.2. The van der Waals surface area contributed by atoms with Gasteiger partial charge in [0, 0.05) is 47.2 Å². The third-order valence-corrected chi connectivity index (χ3v) is 4.85. The molecule has 0 radical (unpaired) electrons. The second-order valence-corrected chi connectivity index (χ2v) is 6.70. The first-order valence-corrected chi connectivity index (χ1v) is 8.49. The smallest absolute Gasteiger partial charge is 0.252 e. The molecule has 23 heavy (non-hydrogen) atoms. The summed E-state index contributed by atoms with van der Waals surface area (Å²) in [6, 6.07) is -0.145. The highest BCUT2D eigenvalue weighted by atomic mass is 32.1. The van der Waals surface area contributed by atoms with E-state index in [0.29, 0.717) is 24.1 Å². The maximum absolute atomic E-state index is 12.2. The van der Waals surface area contributed by atoms with Gasteiger partial charge in [0.05, 0.1) is 16.6 Å². The lowest BCUT2D eigenvalue weighted by molar-refractivity contribution is -0.117. The summed E-state index contributed by atoms with van der Waals surface area (Å²) in [5.74, 6) is -0.280. The van der Waals surface area contributed by atoms with Gasteiger partial charge in [-0.25, -0.2) is 4.98 Å². The summed E-state index contributed by atoms with van der Waals surface area (Å²) in [6.07, 6.45) is 10.2. The lowest BCUT2D eigenvalue weighted by Crippen LogP contribution is -2.31. The van der Waals surface area contributed by atoms with E-state index in [1.165, 1.54) is 0 Å². The summed E-state index contributed by atoms with van der Waals surface area (Å²) in [5.41, 5.74) is 1.07. The topological polar surface area (TPSA) is 71.4 Å². The maximum atomic E-state index is 12.2. The second-order valence-electron chi connectivity index (χ2n) is 5.21. The minimum absolute atomic E-state index is 0.114. The van der Waals surface area contributed by atoms with E-state index in [1.54, 1.807) is 29.8 Å². The molecule has 3 rings (SSSR count). The molecule has 1 aliphatic heterocycles. The van der Waals surface area contributed by atoms with Crippen LogP contribution in [-0.2, 0) is 16.0 Å². The molecule has 1 amide bonds. The van der Waals surface area contributed by atoms with Gasteiger partial charge in [-0.1, -0.05) is 12.2 Å². The van der Waals surface area contributed by atoms with Crippen molar-refractivity contribution in [3.8, 4) is 0 Å². The molecular weight excluding hydrogens is 330 g/mol. The summed E-state index contributed by atoms with van der Waals surface area (Å²) < 4.78 is 0. The number of aldehydes is 1. The molecule has 2 aliphatic rings. The van der Waals surface area contributed by atoms with Crippen LogP contribution >= 0.6 is 24.0 Å². The molecule has 5 nitrogen and oxygen atoms in total. The Morgan fingerprint density at radius 2 is 2.30 bits per heavy atom. The molecule has 118 valence electrons. The van der Waals surface area contributed by atoms with Crippen LogP contribution in [0.15, 0.2) is 50.8 Å². The molecule has 0 aromatic carbocycles. The quantitative estimate of drug-likeness (QED) is 0.631. The van der Waals surface area contributed by atoms with Gasteiger partial charge in [0.15, 0.2) is 0 Å². The fraction of sp³-hybridized carbons (Fsp3) is 0.250. The summed E-state index contributed by atoms with van der Waals surface area (Å²) in [6.45, 7) is 0.527. The largest absolute Gasteiger partial charge is 0.352 e. The van der Waals surface area contributed by atoms with Crippen LogP contribution in [0, 0.1) is 5.92 Å². The predicted octanol–water partition coefficient (Wildman–Crippen LogP) is 1.75. The number of amides is 1. The molecular formula is C16H15N3O2S2. The van der Waals surface area contributed by atoms with E-state index >= 15 is 0 Å². The van der Waals surface area contributed by atoms with Crippen molar-refractivity contribution in [2.75, 3.05) is 6.54 Å². The van der Waals surface area contributed by atoms with Gasteiger partial charge >= 0.3 is 0 Å². The van der Waals surface area contributed by atoms with Crippen molar-refractivity contribution < 1.29 is 9.59 Å². The third kappa shape index (κ3) is 3.68. The number of allylic oxidation sites excluding steroid dienone is 2. The van der Waals surface area contributed by atoms with Crippen LogP contribution in [0.1, 0.15) is 5.01 Å². The summed E-state index contributed by atoms with van der Waals surface area (Å²) >= 11 is 5.95. The SMILES string of the molecule is O=CC1=CC2C=C(C(=O)NCCc3nccs3)C=NC2C(S)=C1. The van der Waals surface area contributed by atoms with Crippen molar-refractivity contribution in [2.24, 2.45) is 10.9 Å². The number of dihydropyridines is 1. The normalized spacial score (nSPS) is 22.6. The van der Waals surface area contributed by atoms with Crippen molar-refractivity contribution in [1.29, 1.82) is 0 Å². The monoisotopic (exact) mass is 345 g/mol. The van der Waals surface area contributed by atoms with Crippen LogP contribution in [0.4, 0.5) is 0 Å². The van der Waals surface area contributed by atoms with Crippen LogP contribution in [-0.4, -0.2) is 36.0 Å². The average Bonchev–Trinajstić information content (AvgIpc) is 3.07. The van der Waals surface area contributed by atoms with Crippen molar-refractivity contribution >= 4 is 42.4 Å². The summed E-state index contributed by atoms with van der Waals surface area (Å²) in [5, 5.41) is 5.77. The lowest BCUT2D eigenvalue weighted by atomic mass is 9.88. The highest BCUT2D eigenvalue weighted by Crippen LogP contribution is 2.31. The zero-order chi connectivity index (χ0) is 16.2. The first-order valence-electron chi connectivity index (χ1n) is 7.16. The van der Waals surface area contributed by atoms with Crippen molar-refractivity contribution in [2.45, 2.75) is 12.5 Å². The van der Waals surface area contributed by atoms with E-state index in [1.807, 2.05) is 17.5 Å². The van der Waals surface area contributed by atoms with Crippen molar-refractivity contribution in [3.63, 3.8) is 0 Å². The lowest BCUT2D eigenvalue weighted by Gasteiger charge is -2.26. The molecule has 2 unspecified atom stereocenters. The predicted molar refractivity (Wildman–Crippen MR) is 93.9 cm³/mol. The molecule has 0 fully saturated rings.